The normalized spacial score (nSPS) is 36.5. The second kappa shape index (κ2) is 21.6. The van der Waals surface area contributed by atoms with E-state index in [2.05, 4.69) is 11.4 Å². The summed E-state index contributed by atoms with van der Waals surface area (Å²) in [6.45, 7) is 12.9. The average Bonchev–Trinajstić information content (AvgIpc) is 3.19. The molecular formula is C44H68IN5O10. The van der Waals surface area contributed by atoms with E-state index in [1.807, 2.05) is 80.2 Å². The summed E-state index contributed by atoms with van der Waals surface area (Å²) in [6.07, 6.45) is -5.19. The molecule has 16 heteroatoms. The van der Waals surface area contributed by atoms with Gasteiger partial charge in [-0.1, -0.05) is 44.2 Å². The van der Waals surface area contributed by atoms with Crippen LogP contribution in [0.4, 0.5) is 10.5 Å². The fourth-order valence-corrected chi connectivity index (χ4v) is 9.36. The third kappa shape index (κ3) is 12.5. The summed E-state index contributed by atoms with van der Waals surface area (Å²) in [5.74, 6) is -3.10. The molecule has 2 aliphatic heterocycles. The van der Waals surface area contributed by atoms with Crippen LogP contribution >= 0.6 is 22.6 Å². The number of rotatable bonds is 10. The molecule has 2 saturated heterocycles. The topological polar surface area (TPSA) is 209 Å². The number of ether oxygens (including phenoxy) is 3. The third-order valence-corrected chi connectivity index (χ3v) is 13.9. The monoisotopic (exact) mass is 953 g/mol. The Kier molecular flexibility index (Phi) is 18.0. The van der Waals surface area contributed by atoms with E-state index in [0.717, 1.165) is 10.8 Å². The number of esters is 1. The summed E-state index contributed by atoms with van der Waals surface area (Å²) in [5, 5.41) is 73.4. The fraction of sp³-hybridized carbons (Fsp3) is 0.705. The SMILES string of the molecule is C[C@H]1CN(CCCN(CCC#N)C(=O)Nc2ccc3ccccc3c2)[C@H](C)[C@@H](O)[C@](C)(O)[C@@H](I)OC(=O)[C@H](C)[C@@H](O)[C@H](C)[C@@H](O[C@@H]2O[C@H](C)C[C@H](N(C)C)[C@H]2O)[C@](C)(O)C1. The molecule has 15 nitrogen and oxygen atoms in total. The number of hydrogen-bond donors (Lipinski definition) is 6. The van der Waals surface area contributed by atoms with Gasteiger partial charge in [0.1, 0.15) is 17.8 Å². The van der Waals surface area contributed by atoms with Crippen LogP contribution in [0, 0.1) is 29.1 Å². The number of cyclic esters (lactones) is 1. The van der Waals surface area contributed by atoms with Crippen molar-refractivity contribution in [3.05, 3.63) is 42.5 Å². The van der Waals surface area contributed by atoms with Crippen LogP contribution in [0.15, 0.2) is 42.5 Å². The fourth-order valence-electron chi connectivity index (χ4n) is 8.74. The number of carbonyl (C=O) groups excluding carboxylic acids is 2. The van der Waals surface area contributed by atoms with Crippen molar-refractivity contribution in [3.63, 3.8) is 0 Å². The maximum Gasteiger partial charge on any atom is 0.321 e. The minimum Gasteiger partial charge on any atom is -0.448 e. The van der Waals surface area contributed by atoms with Crippen molar-refractivity contribution in [1.82, 2.24) is 14.7 Å². The first-order chi connectivity index (χ1) is 28.1. The smallest absolute Gasteiger partial charge is 0.321 e. The minimum absolute atomic E-state index is 0.126. The molecule has 2 amide bonds. The summed E-state index contributed by atoms with van der Waals surface area (Å²) in [6, 6.07) is 14.2. The lowest BCUT2D eigenvalue weighted by Gasteiger charge is -2.46. The van der Waals surface area contributed by atoms with E-state index in [4.69, 9.17) is 14.2 Å². The van der Waals surface area contributed by atoms with Gasteiger partial charge in [0.15, 0.2) is 10.4 Å². The maximum atomic E-state index is 13.6. The highest BCUT2D eigenvalue weighted by molar-refractivity contribution is 14.1. The van der Waals surface area contributed by atoms with E-state index in [0.29, 0.717) is 31.6 Å². The summed E-state index contributed by atoms with van der Waals surface area (Å²) < 4.78 is 17.1. The Labute approximate surface area is 369 Å². The molecule has 4 rings (SSSR count). The zero-order valence-corrected chi connectivity index (χ0v) is 38.7. The molecule has 0 unspecified atom stereocenters. The number of amides is 2. The molecule has 0 aromatic heterocycles. The second-order valence-electron chi connectivity index (χ2n) is 17.8. The summed E-state index contributed by atoms with van der Waals surface area (Å²) in [7, 11) is 3.72. The van der Waals surface area contributed by atoms with E-state index in [-0.39, 0.29) is 50.0 Å². The van der Waals surface area contributed by atoms with Crippen molar-refractivity contribution in [3.8, 4) is 6.07 Å². The molecule has 60 heavy (non-hydrogen) atoms. The van der Waals surface area contributed by atoms with E-state index < -0.39 is 69.9 Å². The average molecular weight is 954 g/mol. The number of nitrogens with one attached hydrogen (secondary N) is 1. The summed E-state index contributed by atoms with van der Waals surface area (Å²) in [5.41, 5.74) is -2.95. The summed E-state index contributed by atoms with van der Waals surface area (Å²) in [4.78, 5) is 32.6. The number of carbonyl (C=O) groups is 2. The van der Waals surface area contributed by atoms with Crippen LogP contribution in [0.2, 0.25) is 0 Å². The lowest BCUT2D eigenvalue weighted by molar-refractivity contribution is -0.299. The van der Waals surface area contributed by atoms with Gasteiger partial charge in [0.05, 0.1) is 42.3 Å². The number of nitrogens with zero attached hydrogens (tertiary/aromatic N) is 4. The first-order valence-electron chi connectivity index (χ1n) is 21.1. The van der Waals surface area contributed by atoms with Crippen molar-refractivity contribution in [2.75, 3.05) is 45.6 Å². The lowest BCUT2D eigenvalue weighted by atomic mass is 9.78. The predicted molar refractivity (Wildman–Crippen MR) is 237 cm³/mol. The lowest BCUT2D eigenvalue weighted by Crippen LogP contribution is -2.59. The number of aliphatic hydroxyl groups is 5. The molecular weight excluding hydrogens is 885 g/mol. The number of hydrogen-bond acceptors (Lipinski definition) is 13. The van der Waals surface area contributed by atoms with Gasteiger partial charge in [-0.2, -0.15) is 5.26 Å². The highest BCUT2D eigenvalue weighted by atomic mass is 127. The first kappa shape index (κ1) is 50.0. The Balaban J connectivity index is 1.62. The number of halogens is 1. The minimum atomic E-state index is -1.93. The number of likely N-dealkylation sites (N-methyl/N-ethyl adjacent to an activating group) is 1. The number of nitriles is 1. The molecule has 0 saturated carbocycles. The quantitative estimate of drug-likeness (QED) is 0.112. The molecule has 0 bridgehead atoms. The Hall–Kier alpha value is -2.70. The Morgan fingerprint density at radius 3 is 2.35 bits per heavy atom. The largest absolute Gasteiger partial charge is 0.448 e. The molecule has 2 aliphatic rings. The van der Waals surface area contributed by atoms with Crippen molar-refractivity contribution in [2.45, 2.75) is 138 Å². The van der Waals surface area contributed by atoms with Gasteiger partial charge < -0.3 is 54.9 Å². The maximum absolute atomic E-state index is 13.6. The number of alkyl halides is 1. The highest BCUT2D eigenvalue weighted by Crippen LogP contribution is 2.37. The van der Waals surface area contributed by atoms with Gasteiger partial charge in [0.2, 0.25) is 0 Å². The molecule has 6 N–H and O–H groups in total. The van der Waals surface area contributed by atoms with E-state index >= 15 is 0 Å². The molecule has 0 aliphatic carbocycles. The first-order valence-corrected chi connectivity index (χ1v) is 22.3. The zero-order valence-electron chi connectivity index (χ0n) is 36.6. The van der Waals surface area contributed by atoms with Gasteiger partial charge in [-0.3, -0.25) is 9.69 Å². The number of urea groups is 1. The van der Waals surface area contributed by atoms with Crippen molar-refractivity contribution < 1.29 is 49.3 Å². The van der Waals surface area contributed by atoms with Gasteiger partial charge in [0.25, 0.3) is 0 Å². The van der Waals surface area contributed by atoms with Crippen LogP contribution in [0.1, 0.15) is 74.1 Å². The van der Waals surface area contributed by atoms with Crippen molar-refractivity contribution >= 4 is 51.1 Å². The van der Waals surface area contributed by atoms with E-state index in [1.165, 1.54) is 13.8 Å². The van der Waals surface area contributed by atoms with Crippen molar-refractivity contribution in [2.24, 2.45) is 17.8 Å². The molecule has 2 heterocycles. The van der Waals surface area contributed by atoms with Gasteiger partial charge in [0, 0.05) is 49.9 Å². The molecule has 0 radical (unpaired) electrons. The van der Waals surface area contributed by atoms with Gasteiger partial charge in [-0.05, 0) is 119 Å². The second-order valence-corrected chi connectivity index (χ2v) is 19.0. The van der Waals surface area contributed by atoms with Crippen LogP contribution in [0.5, 0.6) is 0 Å². The molecule has 2 fully saturated rings. The Bertz CT molecular complexity index is 1760. The highest BCUT2D eigenvalue weighted by Gasteiger charge is 2.50. The molecule has 2 aromatic carbocycles. The number of aliphatic hydroxyl groups excluding tert-OH is 3. The molecule has 2 aromatic rings. The molecule has 14 atom stereocenters. The van der Waals surface area contributed by atoms with E-state index in [9.17, 15) is 40.4 Å². The van der Waals surface area contributed by atoms with Crippen LogP contribution in [-0.4, -0.2) is 157 Å². The predicted octanol–water partition coefficient (Wildman–Crippen LogP) is 4.32. The van der Waals surface area contributed by atoms with Crippen LogP contribution < -0.4 is 5.32 Å². The van der Waals surface area contributed by atoms with Gasteiger partial charge in [-0.25, -0.2) is 4.79 Å². The Morgan fingerprint density at radius 2 is 1.70 bits per heavy atom. The number of benzene rings is 2. The zero-order chi connectivity index (χ0) is 44.7. The molecule has 0 spiro atoms. The number of fused-ring (bicyclic) bond motifs is 1. The van der Waals surface area contributed by atoms with E-state index in [1.54, 1.807) is 48.3 Å². The third-order valence-electron chi connectivity index (χ3n) is 12.3. The van der Waals surface area contributed by atoms with Crippen LogP contribution in [0.3, 0.4) is 0 Å². The van der Waals surface area contributed by atoms with Crippen LogP contribution in [0.25, 0.3) is 10.8 Å². The van der Waals surface area contributed by atoms with Crippen LogP contribution in [-0.2, 0) is 19.0 Å². The van der Waals surface area contributed by atoms with Gasteiger partial charge in [-0.15, -0.1) is 0 Å². The number of anilines is 1. The molecule has 336 valence electrons. The summed E-state index contributed by atoms with van der Waals surface area (Å²) >= 11 is 1.78. The Morgan fingerprint density at radius 1 is 1.03 bits per heavy atom. The van der Waals surface area contributed by atoms with Crippen molar-refractivity contribution in [1.29, 1.82) is 5.26 Å². The van der Waals surface area contributed by atoms with Gasteiger partial charge >= 0.3 is 12.0 Å². The standard InChI is InChI=1S/C44H68IN5O10/c1-26-24-43(6,56)38(59-40-36(52)34(48(8)9)22-27(2)58-40)28(3)35(51)29(4)39(54)60-41(45)44(7,57)37(53)30(5)50(25-26)21-13-20-49(19-12-18-46)42(55)47-33-17-16-31-14-10-11-15-32(31)23-33/h10-11,14-17,23,26-30,34-38,40-41,51-53,56-57H,12-13,19-22,24-25H2,1-9H3,(H,47,55)/t26-,27-,28+,29-,30-,34+,35+,36-,37-,38-,40+,41+,43-,44+/m1/s1.